The lowest BCUT2D eigenvalue weighted by Gasteiger charge is -2.28. The molecule has 6 heteroatoms. The minimum absolute atomic E-state index is 0.367. The molecule has 3 heterocycles. The molecule has 1 aromatic carbocycles. The third-order valence-corrected chi connectivity index (χ3v) is 4.80. The van der Waals surface area contributed by atoms with Crippen molar-refractivity contribution in [2.75, 3.05) is 13.1 Å². The average molecular weight is 342 g/mol. The summed E-state index contributed by atoms with van der Waals surface area (Å²) in [6.07, 6.45) is 5.88. The van der Waals surface area contributed by atoms with E-state index in [0.29, 0.717) is 18.7 Å². The summed E-state index contributed by atoms with van der Waals surface area (Å²) in [7, 11) is 0. The quantitative estimate of drug-likeness (QED) is 0.859. The lowest BCUT2D eigenvalue weighted by atomic mass is 10.0. The molecule has 0 saturated carbocycles. The number of hydrogen-bond acceptors (Lipinski definition) is 4. The fourth-order valence-electron chi connectivity index (χ4n) is 3.43. The van der Waals surface area contributed by atoms with Crippen LogP contribution >= 0.6 is 0 Å². The van der Waals surface area contributed by atoms with E-state index in [-0.39, 0.29) is 5.82 Å². The first kappa shape index (κ1) is 16.3. The predicted molar refractivity (Wildman–Crippen MR) is 91.5 cm³/mol. The molecule has 0 spiro atoms. The van der Waals surface area contributed by atoms with Gasteiger partial charge >= 0.3 is 0 Å². The van der Waals surface area contributed by atoms with Crippen LogP contribution in [0.5, 0.6) is 0 Å². The van der Waals surface area contributed by atoms with Crippen molar-refractivity contribution in [2.24, 2.45) is 4.99 Å². The number of hydrogen-bond donors (Lipinski definition) is 0. The summed E-state index contributed by atoms with van der Waals surface area (Å²) in [6.45, 7) is 2.67. The second kappa shape index (κ2) is 6.96. The van der Waals surface area contributed by atoms with Gasteiger partial charge in [0.1, 0.15) is 11.6 Å². The highest BCUT2D eigenvalue weighted by molar-refractivity contribution is 5.97. The molecular formula is C19H20F2N4. The molecule has 0 radical (unpaired) electrons. The van der Waals surface area contributed by atoms with Crippen molar-refractivity contribution in [2.45, 2.75) is 38.8 Å². The zero-order valence-corrected chi connectivity index (χ0v) is 14.0. The molecule has 4 rings (SSSR count). The standard InChI is InChI=1S/C19H20F2N4/c20-15-4-5-16(21)13(9-15)11-25-8-6-17-14(12-25)10-23-19(24-17)18-3-1-2-7-22-18/h4-5,9-10H,1-3,6-8,11-12H2. The molecule has 0 aliphatic carbocycles. The van der Waals surface area contributed by atoms with Crippen molar-refractivity contribution >= 4 is 5.71 Å². The van der Waals surface area contributed by atoms with Gasteiger partial charge in [0.05, 0.1) is 11.4 Å². The summed E-state index contributed by atoms with van der Waals surface area (Å²) in [5, 5.41) is 0. The summed E-state index contributed by atoms with van der Waals surface area (Å²) in [4.78, 5) is 15.8. The van der Waals surface area contributed by atoms with Crippen LogP contribution in [0.25, 0.3) is 0 Å². The van der Waals surface area contributed by atoms with Crippen LogP contribution < -0.4 is 0 Å². The molecule has 1 aromatic heterocycles. The maximum Gasteiger partial charge on any atom is 0.173 e. The number of benzene rings is 1. The average Bonchev–Trinajstić information content (AvgIpc) is 2.65. The van der Waals surface area contributed by atoms with Crippen molar-refractivity contribution in [3.8, 4) is 0 Å². The largest absolute Gasteiger partial charge is 0.294 e. The molecule has 0 saturated heterocycles. The molecule has 0 fully saturated rings. The maximum absolute atomic E-state index is 13.8. The smallest absolute Gasteiger partial charge is 0.173 e. The lowest BCUT2D eigenvalue weighted by molar-refractivity contribution is 0.239. The second-order valence-electron chi connectivity index (χ2n) is 6.65. The molecule has 0 N–H and O–H groups in total. The van der Waals surface area contributed by atoms with E-state index in [9.17, 15) is 8.78 Å². The Balaban J connectivity index is 1.50. The van der Waals surface area contributed by atoms with Gasteiger partial charge < -0.3 is 0 Å². The van der Waals surface area contributed by atoms with Crippen molar-refractivity contribution in [3.63, 3.8) is 0 Å². The van der Waals surface area contributed by atoms with Crippen LogP contribution in [0.15, 0.2) is 29.4 Å². The zero-order valence-electron chi connectivity index (χ0n) is 14.0. The van der Waals surface area contributed by atoms with Gasteiger partial charge in [0.2, 0.25) is 0 Å². The van der Waals surface area contributed by atoms with Crippen LogP contribution in [0, 0.1) is 11.6 Å². The fraction of sp³-hybridized carbons (Fsp3) is 0.421. The minimum Gasteiger partial charge on any atom is -0.294 e. The molecule has 130 valence electrons. The minimum atomic E-state index is -0.407. The van der Waals surface area contributed by atoms with Gasteiger partial charge in [-0.25, -0.2) is 18.7 Å². The summed E-state index contributed by atoms with van der Waals surface area (Å²) in [5.74, 6) is -0.0211. The summed E-state index contributed by atoms with van der Waals surface area (Å²) in [6, 6.07) is 3.60. The normalized spacial score (nSPS) is 17.9. The van der Waals surface area contributed by atoms with E-state index in [2.05, 4.69) is 14.9 Å². The molecule has 4 nitrogen and oxygen atoms in total. The van der Waals surface area contributed by atoms with Gasteiger partial charge in [-0.15, -0.1) is 0 Å². The van der Waals surface area contributed by atoms with E-state index in [1.165, 1.54) is 12.1 Å². The van der Waals surface area contributed by atoms with Crippen molar-refractivity contribution in [3.05, 3.63) is 58.7 Å². The molecule has 0 amide bonds. The molecule has 2 aromatic rings. The summed E-state index contributed by atoms with van der Waals surface area (Å²) in [5.41, 5.74) is 3.51. The van der Waals surface area contributed by atoms with Crippen molar-refractivity contribution in [1.29, 1.82) is 0 Å². The number of rotatable bonds is 3. The number of nitrogens with zero attached hydrogens (tertiary/aromatic N) is 4. The molecular weight excluding hydrogens is 322 g/mol. The topological polar surface area (TPSA) is 41.4 Å². The first-order valence-electron chi connectivity index (χ1n) is 8.74. The Hall–Kier alpha value is -2.21. The van der Waals surface area contributed by atoms with E-state index in [1.54, 1.807) is 0 Å². The van der Waals surface area contributed by atoms with E-state index in [1.807, 2.05) is 6.20 Å². The van der Waals surface area contributed by atoms with Gasteiger partial charge in [-0.1, -0.05) is 0 Å². The highest BCUT2D eigenvalue weighted by Gasteiger charge is 2.21. The molecule has 25 heavy (non-hydrogen) atoms. The Labute approximate surface area is 145 Å². The Morgan fingerprint density at radius 1 is 1.12 bits per heavy atom. The lowest BCUT2D eigenvalue weighted by Crippen LogP contribution is -2.31. The zero-order chi connectivity index (χ0) is 17.2. The van der Waals surface area contributed by atoms with Crippen LogP contribution in [0.3, 0.4) is 0 Å². The van der Waals surface area contributed by atoms with E-state index in [4.69, 9.17) is 4.98 Å². The maximum atomic E-state index is 13.8. The van der Waals surface area contributed by atoms with E-state index >= 15 is 0 Å². The van der Waals surface area contributed by atoms with Crippen LogP contribution in [0.1, 0.15) is 41.9 Å². The van der Waals surface area contributed by atoms with Crippen LogP contribution in [-0.4, -0.2) is 33.7 Å². The summed E-state index contributed by atoms with van der Waals surface area (Å²) < 4.78 is 27.2. The molecule has 2 aliphatic rings. The van der Waals surface area contributed by atoms with Crippen LogP contribution in [0.4, 0.5) is 8.78 Å². The number of halogens is 2. The highest BCUT2D eigenvalue weighted by atomic mass is 19.1. The second-order valence-corrected chi connectivity index (χ2v) is 6.65. The Kier molecular flexibility index (Phi) is 4.53. The van der Waals surface area contributed by atoms with E-state index < -0.39 is 5.82 Å². The first-order chi connectivity index (χ1) is 12.2. The molecule has 0 bridgehead atoms. The van der Waals surface area contributed by atoms with Crippen LogP contribution in [-0.2, 0) is 19.5 Å². The van der Waals surface area contributed by atoms with Gasteiger partial charge in [-0.05, 0) is 37.5 Å². The molecule has 2 aliphatic heterocycles. The van der Waals surface area contributed by atoms with Gasteiger partial charge in [-0.3, -0.25) is 9.89 Å². The summed E-state index contributed by atoms with van der Waals surface area (Å²) >= 11 is 0. The number of aromatic nitrogens is 2. The first-order valence-corrected chi connectivity index (χ1v) is 8.74. The van der Waals surface area contributed by atoms with Crippen molar-refractivity contribution in [1.82, 2.24) is 14.9 Å². The monoisotopic (exact) mass is 342 g/mol. The van der Waals surface area contributed by atoms with Gasteiger partial charge in [-0.2, -0.15) is 0 Å². The van der Waals surface area contributed by atoms with E-state index in [0.717, 1.165) is 67.6 Å². The SMILES string of the molecule is Fc1ccc(F)c(CN2CCc3nc(C4=NCCCC4)ncc3C2)c1. The Bertz CT molecular complexity index is 819. The third kappa shape index (κ3) is 3.58. The Morgan fingerprint density at radius 3 is 2.88 bits per heavy atom. The highest BCUT2D eigenvalue weighted by Crippen LogP contribution is 2.21. The van der Waals surface area contributed by atoms with Gasteiger partial charge in [0.15, 0.2) is 5.82 Å². The van der Waals surface area contributed by atoms with Gasteiger partial charge in [0.25, 0.3) is 0 Å². The third-order valence-electron chi connectivity index (χ3n) is 4.80. The van der Waals surface area contributed by atoms with Crippen molar-refractivity contribution < 1.29 is 8.78 Å². The molecule has 0 atom stereocenters. The Morgan fingerprint density at radius 2 is 2.04 bits per heavy atom. The number of fused-ring (bicyclic) bond motifs is 1. The predicted octanol–water partition coefficient (Wildman–Crippen LogP) is 3.29. The fourth-order valence-corrected chi connectivity index (χ4v) is 3.43. The molecule has 0 unspecified atom stereocenters. The van der Waals surface area contributed by atoms with Crippen LogP contribution in [0.2, 0.25) is 0 Å². The number of aliphatic imine (C=N–C) groups is 1. The van der Waals surface area contributed by atoms with Gasteiger partial charge in [0, 0.05) is 49.9 Å².